The molecule has 0 saturated heterocycles. The molecule has 2 aliphatic heterocycles. The maximum atomic E-state index is 6.24. The predicted octanol–water partition coefficient (Wildman–Crippen LogP) is 14.2. The number of fused-ring (bicyclic) bond motifs is 8. The minimum Gasteiger partial charge on any atom is -0.492 e. The van der Waals surface area contributed by atoms with Crippen molar-refractivity contribution >= 4 is 45.3 Å². The number of nitrogens with one attached hydrogen (secondary N) is 2. The topological polar surface area (TPSA) is 146 Å². The summed E-state index contributed by atoms with van der Waals surface area (Å²) in [6, 6.07) is 0. The van der Waals surface area contributed by atoms with Crippen molar-refractivity contribution in [2.45, 2.75) is 207 Å². The van der Waals surface area contributed by atoms with Gasteiger partial charge in [-0.2, -0.15) is 0 Å². The zero-order valence-corrected chi connectivity index (χ0v) is 41.1. The average molecular weight is 883 g/mol. The maximum absolute atomic E-state index is 6.24. The summed E-state index contributed by atoms with van der Waals surface area (Å²) < 4.78 is 24.9. The number of hydrogen-bond donors (Lipinski definition) is 2. The third-order valence-corrected chi connectivity index (χ3v) is 12.8. The first-order valence-corrected chi connectivity index (χ1v) is 25.4. The van der Waals surface area contributed by atoms with E-state index in [0.29, 0.717) is 68.9 Å². The van der Waals surface area contributed by atoms with E-state index >= 15 is 0 Å². The summed E-state index contributed by atoms with van der Waals surface area (Å²) in [5, 5.41) is 0. The van der Waals surface area contributed by atoms with E-state index in [4.69, 9.17) is 48.9 Å². The summed E-state index contributed by atoms with van der Waals surface area (Å²) in [5.41, 5.74) is 6.34. The Balaban J connectivity index is 1.77. The monoisotopic (exact) mass is 883 g/mol. The van der Waals surface area contributed by atoms with Crippen LogP contribution in [-0.4, -0.2) is 68.3 Å². The van der Waals surface area contributed by atoms with Crippen molar-refractivity contribution in [3.8, 4) is 11.5 Å². The van der Waals surface area contributed by atoms with Gasteiger partial charge >= 0.3 is 0 Å². The number of hydrogen-bond acceptors (Lipinski definition) is 10. The fourth-order valence-corrected chi connectivity index (χ4v) is 9.12. The molecule has 0 saturated carbocycles. The Bertz CT molecular complexity index is 2120. The Hall–Kier alpha value is -4.48. The maximum Gasteiger partial charge on any atom is 0.199 e. The largest absolute Gasteiger partial charge is 0.492 e. The van der Waals surface area contributed by atoms with E-state index in [0.717, 1.165) is 99.3 Å². The standard InChI is InChI=1S/C52H82N8O4/c1-9-13-17-21-25-29-33-37-41(61-5)49-53-45(37)57-50-42(62-6)38(34-30-26-22-18-14-10-2)47(54-50)59-52-44(64-8)40(36-32-28-24-20-16-12-4)48(56-52)60-51-43(63-7)39(46(55-51)58-49)35-31-27-23-19-15-11-3/h9-36H2,1-8H3,(H2,53,54,55,56,57,58,59,60). The smallest absolute Gasteiger partial charge is 0.199 e. The molecular formula is C52H82N8O4. The van der Waals surface area contributed by atoms with E-state index in [1.165, 1.54) is 103 Å². The highest BCUT2D eigenvalue weighted by atomic mass is 16.5. The summed E-state index contributed by atoms with van der Waals surface area (Å²) in [4.78, 5) is 38.6. The molecule has 0 fully saturated rings. The highest BCUT2D eigenvalue weighted by Gasteiger charge is 2.29. The van der Waals surface area contributed by atoms with Crippen LogP contribution < -0.4 is 9.47 Å². The van der Waals surface area contributed by atoms with E-state index in [2.05, 4.69) is 37.7 Å². The number of aromatic nitrogens is 8. The number of aryl methyl sites for hydroxylation is 2. The molecule has 3 aromatic heterocycles. The van der Waals surface area contributed by atoms with Crippen molar-refractivity contribution in [1.29, 1.82) is 0 Å². The van der Waals surface area contributed by atoms with Crippen LogP contribution >= 0.6 is 0 Å². The fraction of sp³-hybridized carbons (Fsp3) is 0.692. The zero-order chi connectivity index (χ0) is 45.5. The van der Waals surface area contributed by atoms with E-state index in [-0.39, 0.29) is 0 Å². The molecule has 64 heavy (non-hydrogen) atoms. The molecule has 0 atom stereocenters. The van der Waals surface area contributed by atoms with Crippen LogP contribution in [0.3, 0.4) is 0 Å². The highest BCUT2D eigenvalue weighted by molar-refractivity contribution is 5.89. The molecule has 0 spiro atoms. The molecule has 8 bridgehead atoms. The van der Waals surface area contributed by atoms with Crippen molar-refractivity contribution in [2.75, 3.05) is 28.4 Å². The van der Waals surface area contributed by atoms with Crippen LogP contribution in [0, 0.1) is 0 Å². The molecule has 2 N–H and O–H groups in total. The van der Waals surface area contributed by atoms with Crippen molar-refractivity contribution in [2.24, 2.45) is 0 Å². The molecule has 0 radical (unpaired) electrons. The second kappa shape index (κ2) is 27.8. The van der Waals surface area contributed by atoms with Gasteiger partial charge in [0.15, 0.2) is 57.6 Å². The lowest BCUT2D eigenvalue weighted by molar-refractivity contribution is 0.368. The third kappa shape index (κ3) is 13.8. The lowest BCUT2D eigenvalue weighted by Gasteiger charge is -2.08. The van der Waals surface area contributed by atoms with Crippen LogP contribution in [0.25, 0.3) is 45.3 Å². The number of unbranched alkanes of at least 4 members (excludes halogenated alkanes) is 20. The first kappa shape index (κ1) is 50.5. The fourth-order valence-electron chi connectivity index (χ4n) is 9.12. The first-order chi connectivity index (χ1) is 31.5. The second-order valence-corrected chi connectivity index (χ2v) is 17.7. The van der Waals surface area contributed by atoms with Crippen LogP contribution in [0.15, 0.2) is 0 Å². The van der Waals surface area contributed by atoms with Gasteiger partial charge in [-0.05, 0) is 51.4 Å². The number of H-pyrrole nitrogens is 2. The van der Waals surface area contributed by atoms with Gasteiger partial charge in [0.2, 0.25) is 0 Å². The van der Waals surface area contributed by atoms with Crippen LogP contribution in [0.1, 0.15) is 229 Å². The van der Waals surface area contributed by atoms with Crippen LogP contribution in [0.4, 0.5) is 0 Å². The number of allylic oxidation sites excluding steroid dienone is 2. The summed E-state index contributed by atoms with van der Waals surface area (Å²) in [6.45, 7) is 9.02. The number of nitrogens with zero attached hydrogens (tertiary/aromatic N) is 6. The molecule has 0 aliphatic carbocycles. The van der Waals surface area contributed by atoms with Crippen molar-refractivity contribution in [3.05, 3.63) is 34.4 Å². The Morgan fingerprint density at radius 2 is 0.625 bits per heavy atom. The summed E-state index contributed by atoms with van der Waals surface area (Å²) in [5.74, 6) is 4.68. The molecule has 354 valence electrons. The van der Waals surface area contributed by atoms with Gasteiger partial charge < -0.3 is 28.9 Å². The highest BCUT2D eigenvalue weighted by Crippen LogP contribution is 2.38. The van der Waals surface area contributed by atoms with Crippen molar-refractivity contribution < 1.29 is 18.9 Å². The molecule has 2 aliphatic rings. The number of rotatable bonds is 32. The van der Waals surface area contributed by atoms with Gasteiger partial charge in [-0.25, -0.2) is 29.9 Å². The van der Waals surface area contributed by atoms with Crippen molar-refractivity contribution in [1.82, 2.24) is 39.9 Å². The summed E-state index contributed by atoms with van der Waals surface area (Å²) in [6.07, 6.45) is 31.2. The van der Waals surface area contributed by atoms with E-state index in [1.54, 1.807) is 28.4 Å². The normalized spacial score (nSPS) is 12.8. The third-order valence-electron chi connectivity index (χ3n) is 12.8. The molecule has 12 nitrogen and oxygen atoms in total. The van der Waals surface area contributed by atoms with Gasteiger partial charge in [-0.3, -0.25) is 0 Å². The molecule has 0 amide bonds. The van der Waals surface area contributed by atoms with Gasteiger partial charge in [0.25, 0.3) is 0 Å². The molecule has 12 heteroatoms. The quantitative estimate of drug-likeness (QED) is 0.0581. The minimum atomic E-state index is 0.459. The molecule has 3 aromatic rings. The molecular weight excluding hydrogens is 801 g/mol. The average Bonchev–Trinajstić information content (AvgIpc) is 4.01. The lowest BCUT2D eigenvalue weighted by atomic mass is 10.0. The minimum absolute atomic E-state index is 0.459. The molecule has 0 aromatic carbocycles. The van der Waals surface area contributed by atoms with Gasteiger partial charge in [-0.1, -0.05) is 156 Å². The second-order valence-electron chi connectivity index (χ2n) is 17.7. The molecule has 0 unspecified atom stereocenters. The van der Waals surface area contributed by atoms with E-state index in [9.17, 15) is 0 Å². The zero-order valence-electron chi connectivity index (χ0n) is 41.1. The Morgan fingerprint density at radius 1 is 0.312 bits per heavy atom. The van der Waals surface area contributed by atoms with Crippen LogP contribution in [0.2, 0.25) is 0 Å². The number of ether oxygens (including phenoxy) is 4. The van der Waals surface area contributed by atoms with Gasteiger partial charge in [0.05, 0.1) is 28.4 Å². The van der Waals surface area contributed by atoms with Crippen LogP contribution in [-0.2, 0) is 22.3 Å². The van der Waals surface area contributed by atoms with Gasteiger partial charge in [0.1, 0.15) is 11.3 Å². The first-order valence-electron chi connectivity index (χ1n) is 25.4. The van der Waals surface area contributed by atoms with Gasteiger partial charge in [0, 0.05) is 22.3 Å². The number of aromatic amines is 2. The Morgan fingerprint density at radius 3 is 1.02 bits per heavy atom. The van der Waals surface area contributed by atoms with E-state index in [1.807, 2.05) is 0 Å². The lowest BCUT2D eigenvalue weighted by Crippen LogP contribution is -1.96. The SMILES string of the molecule is CCCCCCCCC1=C(OC)c2nc3nc(nc4[nH]c(nc5[nH]c(nc1n2)c(OC)c5CCCCCCCC)c(OC)c4CCCCCCCC)C(OC)=C3CCCCCCCC. The summed E-state index contributed by atoms with van der Waals surface area (Å²) in [7, 11) is 6.85. The van der Waals surface area contributed by atoms with E-state index < -0.39 is 0 Å². The predicted molar refractivity (Wildman–Crippen MR) is 263 cm³/mol. The Kier molecular flexibility index (Phi) is 21.9. The number of methoxy groups -OCH3 is 4. The van der Waals surface area contributed by atoms with Crippen molar-refractivity contribution in [3.63, 3.8) is 0 Å². The summed E-state index contributed by atoms with van der Waals surface area (Å²) >= 11 is 0. The Labute approximate surface area is 384 Å². The van der Waals surface area contributed by atoms with Gasteiger partial charge in [-0.15, -0.1) is 0 Å². The molecule has 5 rings (SSSR count). The molecule has 5 heterocycles. The van der Waals surface area contributed by atoms with Crippen LogP contribution in [0.5, 0.6) is 11.5 Å².